The highest BCUT2D eigenvalue weighted by Gasteiger charge is 2.23. The van der Waals surface area contributed by atoms with E-state index < -0.39 is 0 Å². The van der Waals surface area contributed by atoms with E-state index in [0.717, 1.165) is 18.6 Å². The van der Waals surface area contributed by atoms with E-state index in [9.17, 15) is 0 Å². The first-order valence-corrected chi connectivity index (χ1v) is 6.75. The van der Waals surface area contributed by atoms with Gasteiger partial charge in [0.15, 0.2) is 5.11 Å². The molecule has 0 aliphatic heterocycles. The highest BCUT2D eigenvalue weighted by molar-refractivity contribution is 7.80. The number of rotatable bonds is 5. The van der Waals surface area contributed by atoms with Crippen LogP contribution in [0.2, 0.25) is 0 Å². The van der Waals surface area contributed by atoms with Gasteiger partial charge in [-0.1, -0.05) is 23.3 Å². The lowest BCUT2D eigenvalue weighted by Crippen LogP contribution is -2.25. The fraction of sp³-hybridized carbons (Fsp3) is 0.571. The number of hydrogen-bond acceptors (Lipinski definition) is 2. The van der Waals surface area contributed by atoms with E-state index in [4.69, 9.17) is 18.0 Å². The molecule has 0 saturated carbocycles. The van der Waals surface area contributed by atoms with Crippen molar-refractivity contribution in [3.8, 4) is 0 Å². The third kappa shape index (κ3) is 4.26. The summed E-state index contributed by atoms with van der Waals surface area (Å²) in [6.07, 6.45) is 4.41. The summed E-state index contributed by atoms with van der Waals surface area (Å²) in [5.74, 6) is 0.571. The lowest BCUT2D eigenvalue weighted by Gasteiger charge is -2.15. The first-order chi connectivity index (χ1) is 8.41. The molecule has 0 fully saturated rings. The monoisotopic (exact) mass is 265 g/mol. The van der Waals surface area contributed by atoms with Crippen LogP contribution < -0.4 is 11.2 Å². The number of hydrazone groups is 1. The van der Waals surface area contributed by atoms with Gasteiger partial charge < -0.3 is 5.73 Å². The van der Waals surface area contributed by atoms with Gasteiger partial charge >= 0.3 is 0 Å². The van der Waals surface area contributed by atoms with Gasteiger partial charge in [-0.3, -0.25) is 5.43 Å². The van der Waals surface area contributed by atoms with Crippen molar-refractivity contribution in [2.24, 2.45) is 16.8 Å². The van der Waals surface area contributed by atoms with E-state index in [1.165, 1.54) is 24.0 Å². The highest BCUT2D eigenvalue weighted by Crippen LogP contribution is 2.38. The molecule has 0 unspecified atom stereocenters. The Morgan fingerprint density at radius 2 is 2.22 bits per heavy atom. The Balaban J connectivity index is 2.57. The van der Waals surface area contributed by atoms with Gasteiger partial charge in [-0.2, -0.15) is 5.10 Å². The minimum absolute atomic E-state index is 0.213. The zero-order chi connectivity index (χ0) is 13.7. The van der Waals surface area contributed by atoms with Crippen LogP contribution >= 0.6 is 12.2 Å². The third-order valence-electron chi connectivity index (χ3n) is 3.48. The molecule has 1 aliphatic carbocycles. The minimum atomic E-state index is 0.213. The average Bonchev–Trinajstić information content (AvgIpc) is 2.65. The summed E-state index contributed by atoms with van der Waals surface area (Å²) in [5.41, 5.74) is 13.3. The largest absolute Gasteiger partial charge is 0.375 e. The van der Waals surface area contributed by atoms with Crippen LogP contribution in [0, 0.1) is 5.92 Å². The van der Waals surface area contributed by atoms with Crippen LogP contribution in [-0.4, -0.2) is 10.8 Å². The summed E-state index contributed by atoms with van der Waals surface area (Å²) in [5, 5.41) is 4.35. The third-order valence-corrected chi connectivity index (χ3v) is 3.58. The van der Waals surface area contributed by atoms with Crippen LogP contribution in [0.4, 0.5) is 0 Å². The van der Waals surface area contributed by atoms with Crippen LogP contribution in [0.3, 0.4) is 0 Å². The van der Waals surface area contributed by atoms with Gasteiger partial charge in [-0.25, -0.2) is 0 Å². The summed E-state index contributed by atoms with van der Waals surface area (Å²) < 4.78 is 0. The van der Waals surface area contributed by atoms with Gasteiger partial charge in [0.2, 0.25) is 0 Å². The van der Waals surface area contributed by atoms with Crippen molar-refractivity contribution in [2.75, 3.05) is 0 Å². The maximum Gasteiger partial charge on any atom is 0.184 e. The molecule has 0 heterocycles. The van der Waals surface area contributed by atoms with Crippen molar-refractivity contribution in [2.45, 2.75) is 46.5 Å². The number of nitrogens with two attached hydrogens (primary N) is 1. The molecule has 18 heavy (non-hydrogen) atoms. The molecule has 4 heteroatoms. The molecule has 0 radical (unpaired) electrons. The van der Waals surface area contributed by atoms with E-state index in [1.807, 2.05) is 6.92 Å². The Morgan fingerprint density at radius 1 is 1.56 bits per heavy atom. The van der Waals surface area contributed by atoms with E-state index in [0.29, 0.717) is 5.92 Å². The molecule has 0 amide bonds. The van der Waals surface area contributed by atoms with E-state index in [-0.39, 0.29) is 5.11 Å². The van der Waals surface area contributed by atoms with Crippen LogP contribution in [0.1, 0.15) is 46.5 Å². The van der Waals surface area contributed by atoms with Gasteiger partial charge in [0.1, 0.15) is 0 Å². The van der Waals surface area contributed by atoms with Crippen molar-refractivity contribution < 1.29 is 0 Å². The van der Waals surface area contributed by atoms with Gasteiger partial charge in [-0.15, -0.1) is 0 Å². The van der Waals surface area contributed by atoms with E-state index in [1.54, 1.807) is 5.57 Å². The first-order valence-electron chi connectivity index (χ1n) is 6.34. The molecular formula is C14H23N3S. The Labute approximate surface area is 115 Å². The van der Waals surface area contributed by atoms with Crippen LogP contribution in [-0.2, 0) is 0 Å². The highest BCUT2D eigenvalue weighted by atomic mass is 32.1. The molecule has 1 aliphatic rings. The van der Waals surface area contributed by atoms with E-state index in [2.05, 4.69) is 31.0 Å². The SMILES string of the molecule is C=C(C)[C@@H]1CCC(C)=C1CC/C(C)=N\NC(N)=S. The van der Waals surface area contributed by atoms with Gasteiger partial charge in [0.25, 0.3) is 0 Å². The lowest BCUT2D eigenvalue weighted by molar-refractivity contribution is 0.675. The molecule has 3 N–H and O–H groups in total. The first kappa shape index (κ1) is 14.9. The predicted molar refractivity (Wildman–Crippen MR) is 82.5 cm³/mol. The topological polar surface area (TPSA) is 50.4 Å². The fourth-order valence-electron chi connectivity index (χ4n) is 2.45. The molecule has 1 rings (SSSR count). The molecule has 0 saturated heterocycles. The van der Waals surface area contributed by atoms with Crippen molar-refractivity contribution in [3.05, 3.63) is 23.3 Å². The molecule has 3 nitrogen and oxygen atoms in total. The summed E-state index contributed by atoms with van der Waals surface area (Å²) >= 11 is 4.72. The smallest absolute Gasteiger partial charge is 0.184 e. The lowest BCUT2D eigenvalue weighted by atomic mass is 9.90. The van der Waals surface area contributed by atoms with Crippen LogP contribution in [0.15, 0.2) is 28.4 Å². The Morgan fingerprint density at radius 3 is 2.78 bits per heavy atom. The van der Waals surface area contributed by atoms with Gasteiger partial charge in [0, 0.05) is 11.6 Å². The Hall–Kier alpha value is -1.16. The number of nitrogens with zero attached hydrogens (tertiary/aromatic N) is 1. The maximum absolute atomic E-state index is 5.34. The molecule has 0 aromatic carbocycles. The molecule has 0 spiro atoms. The second-order valence-electron chi connectivity index (χ2n) is 5.07. The van der Waals surface area contributed by atoms with Gasteiger partial charge in [0.05, 0.1) is 0 Å². The number of nitrogens with one attached hydrogen (secondary N) is 1. The zero-order valence-electron chi connectivity index (χ0n) is 11.5. The molecule has 1 atom stereocenters. The van der Waals surface area contributed by atoms with Crippen molar-refractivity contribution >= 4 is 23.0 Å². The molecular weight excluding hydrogens is 242 g/mol. The molecule has 0 bridgehead atoms. The zero-order valence-corrected chi connectivity index (χ0v) is 12.4. The average molecular weight is 265 g/mol. The normalized spacial score (nSPS) is 20.2. The quantitative estimate of drug-likeness (QED) is 0.347. The second-order valence-corrected chi connectivity index (χ2v) is 5.51. The van der Waals surface area contributed by atoms with Crippen molar-refractivity contribution in [1.82, 2.24) is 5.43 Å². The number of hydrogen-bond donors (Lipinski definition) is 2. The molecule has 100 valence electrons. The fourth-order valence-corrected chi connectivity index (χ4v) is 2.49. The Kier molecular flexibility index (Phi) is 5.54. The van der Waals surface area contributed by atoms with Crippen LogP contribution in [0.5, 0.6) is 0 Å². The van der Waals surface area contributed by atoms with Gasteiger partial charge in [-0.05, 0) is 58.7 Å². The number of thiocarbonyl (C=S) groups is 1. The molecule has 0 aromatic rings. The van der Waals surface area contributed by atoms with Crippen LogP contribution in [0.25, 0.3) is 0 Å². The van der Waals surface area contributed by atoms with E-state index >= 15 is 0 Å². The van der Waals surface area contributed by atoms with Crippen molar-refractivity contribution in [3.63, 3.8) is 0 Å². The number of allylic oxidation sites excluding steroid dienone is 3. The summed E-state index contributed by atoms with van der Waals surface area (Å²) in [6.45, 7) is 10.4. The Bertz CT molecular complexity index is 407. The standard InChI is InChI=1S/C14H23N3S/c1-9(2)12-7-5-10(3)13(12)8-6-11(4)16-17-14(15)18/h12H,1,5-8H2,2-4H3,(H3,15,17,18)/b16-11-/t12-/m0/s1. The minimum Gasteiger partial charge on any atom is -0.375 e. The maximum atomic E-state index is 5.34. The summed E-state index contributed by atoms with van der Waals surface area (Å²) in [6, 6.07) is 0. The predicted octanol–water partition coefficient (Wildman–Crippen LogP) is 3.28. The second kappa shape index (κ2) is 6.69. The summed E-state index contributed by atoms with van der Waals surface area (Å²) in [4.78, 5) is 0. The van der Waals surface area contributed by atoms with Crippen molar-refractivity contribution in [1.29, 1.82) is 0 Å². The molecule has 0 aromatic heterocycles. The summed E-state index contributed by atoms with van der Waals surface area (Å²) in [7, 11) is 0.